The maximum atomic E-state index is 13.0. The van der Waals surface area contributed by atoms with E-state index < -0.39 is 0 Å². The van der Waals surface area contributed by atoms with Crippen molar-refractivity contribution in [2.24, 2.45) is 11.8 Å². The van der Waals surface area contributed by atoms with Crippen LogP contribution in [-0.4, -0.2) is 71.7 Å². The van der Waals surface area contributed by atoms with Crippen LogP contribution in [0.3, 0.4) is 0 Å². The minimum atomic E-state index is -0.0961. The number of piperidine rings is 2. The number of amides is 3. The SMILES string of the molecule is O=C(c1ccc(Cl)c(Cl)c1)C1CCN(C(=O)C2CCN(C(=O)N3CCCC3)CC2)CC1. The van der Waals surface area contributed by atoms with Crippen molar-refractivity contribution in [3.63, 3.8) is 0 Å². The van der Waals surface area contributed by atoms with Gasteiger partial charge in [0, 0.05) is 56.7 Å². The summed E-state index contributed by atoms with van der Waals surface area (Å²) in [5, 5.41) is 0.821. The number of carbonyl (C=O) groups excluding carboxylic acids is 3. The number of hydrogen-bond donors (Lipinski definition) is 0. The van der Waals surface area contributed by atoms with Crippen molar-refractivity contribution >= 4 is 40.9 Å². The van der Waals surface area contributed by atoms with Gasteiger partial charge in [0.25, 0.3) is 0 Å². The number of rotatable bonds is 3. The average molecular weight is 466 g/mol. The number of carbonyl (C=O) groups is 3. The highest BCUT2D eigenvalue weighted by Crippen LogP contribution is 2.29. The fraction of sp³-hybridized carbons (Fsp3) is 0.609. The number of halogens is 2. The molecule has 0 radical (unpaired) electrons. The fourth-order valence-electron chi connectivity index (χ4n) is 4.93. The van der Waals surface area contributed by atoms with Gasteiger partial charge in [-0.1, -0.05) is 23.2 Å². The van der Waals surface area contributed by atoms with Gasteiger partial charge >= 0.3 is 6.03 Å². The van der Waals surface area contributed by atoms with E-state index in [4.69, 9.17) is 23.2 Å². The normalized spacial score (nSPS) is 20.9. The third-order valence-corrected chi connectivity index (χ3v) is 7.61. The number of Topliss-reactive ketones (excluding diaryl/α,β-unsaturated/α-hetero) is 1. The smallest absolute Gasteiger partial charge is 0.319 e. The largest absolute Gasteiger partial charge is 0.342 e. The molecule has 6 nitrogen and oxygen atoms in total. The lowest BCUT2D eigenvalue weighted by atomic mass is 9.87. The van der Waals surface area contributed by atoms with Crippen LogP contribution >= 0.6 is 23.2 Å². The second-order valence-corrected chi connectivity index (χ2v) is 9.65. The predicted octanol–water partition coefficient (Wildman–Crippen LogP) is 4.34. The molecule has 3 saturated heterocycles. The number of nitrogens with zero attached hydrogens (tertiary/aromatic N) is 3. The lowest BCUT2D eigenvalue weighted by Crippen LogP contribution is -2.49. The number of ketones is 1. The van der Waals surface area contributed by atoms with Gasteiger partial charge in [0.2, 0.25) is 5.91 Å². The first kappa shape index (κ1) is 22.4. The Morgan fingerprint density at radius 3 is 1.87 bits per heavy atom. The molecule has 0 aliphatic carbocycles. The van der Waals surface area contributed by atoms with Crippen molar-refractivity contribution in [2.45, 2.75) is 38.5 Å². The quantitative estimate of drug-likeness (QED) is 0.623. The molecule has 8 heteroatoms. The minimum absolute atomic E-state index is 0.0232. The molecular weight excluding hydrogens is 437 g/mol. The van der Waals surface area contributed by atoms with Crippen molar-refractivity contribution in [3.05, 3.63) is 33.8 Å². The van der Waals surface area contributed by atoms with E-state index in [0.717, 1.165) is 38.8 Å². The molecule has 3 aliphatic rings. The summed E-state index contributed by atoms with van der Waals surface area (Å²) in [6.45, 7) is 4.21. The van der Waals surface area contributed by atoms with Crippen molar-refractivity contribution in [1.82, 2.24) is 14.7 Å². The predicted molar refractivity (Wildman–Crippen MR) is 121 cm³/mol. The van der Waals surface area contributed by atoms with Gasteiger partial charge in [-0.15, -0.1) is 0 Å². The Morgan fingerprint density at radius 2 is 1.26 bits per heavy atom. The number of likely N-dealkylation sites (tertiary alicyclic amines) is 3. The molecule has 3 aliphatic heterocycles. The van der Waals surface area contributed by atoms with E-state index in [1.807, 2.05) is 14.7 Å². The van der Waals surface area contributed by atoms with Crippen LogP contribution in [0.4, 0.5) is 4.79 Å². The summed E-state index contributed by atoms with van der Waals surface area (Å²) in [5.41, 5.74) is 0.578. The second kappa shape index (κ2) is 9.78. The van der Waals surface area contributed by atoms with E-state index in [2.05, 4.69) is 0 Å². The first-order chi connectivity index (χ1) is 14.9. The molecule has 3 fully saturated rings. The van der Waals surface area contributed by atoms with Gasteiger partial charge in [-0.05, 0) is 56.7 Å². The molecule has 168 valence electrons. The molecular formula is C23H29Cl2N3O3. The molecule has 0 unspecified atom stereocenters. The molecule has 4 rings (SSSR count). The zero-order chi connectivity index (χ0) is 22.0. The van der Waals surface area contributed by atoms with E-state index in [9.17, 15) is 14.4 Å². The number of urea groups is 1. The summed E-state index contributed by atoms with van der Waals surface area (Å²) < 4.78 is 0. The zero-order valence-corrected chi connectivity index (χ0v) is 19.2. The van der Waals surface area contributed by atoms with Crippen LogP contribution in [0.2, 0.25) is 10.0 Å². The van der Waals surface area contributed by atoms with E-state index >= 15 is 0 Å². The Morgan fingerprint density at radius 1 is 0.710 bits per heavy atom. The molecule has 0 atom stereocenters. The maximum absolute atomic E-state index is 13.0. The summed E-state index contributed by atoms with van der Waals surface area (Å²) in [6, 6.07) is 5.12. The number of hydrogen-bond acceptors (Lipinski definition) is 3. The van der Waals surface area contributed by atoms with E-state index in [-0.39, 0.29) is 29.6 Å². The van der Waals surface area contributed by atoms with Crippen molar-refractivity contribution in [2.75, 3.05) is 39.3 Å². The molecule has 1 aromatic carbocycles. The Labute approximate surface area is 193 Å². The van der Waals surface area contributed by atoms with Gasteiger partial charge in [0.15, 0.2) is 5.78 Å². The summed E-state index contributed by atoms with van der Waals surface area (Å²) in [6.07, 6.45) is 4.95. The monoisotopic (exact) mass is 465 g/mol. The van der Waals surface area contributed by atoms with E-state index in [1.54, 1.807) is 18.2 Å². The Bertz CT molecular complexity index is 840. The second-order valence-electron chi connectivity index (χ2n) is 8.83. The van der Waals surface area contributed by atoms with Crippen LogP contribution in [0.1, 0.15) is 48.9 Å². The lowest BCUT2D eigenvalue weighted by molar-refractivity contribution is -0.138. The highest BCUT2D eigenvalue weighted by atomic mass is 35.5. The molecule has 31 heavy (non-hydrogen) atoms. The van der Waals surface area contributed by atoms with Crippen LogP contribution < -0.4 is 0 Å². The van der Waals surface area contributed by atoms with Crippen LogP contribution in [0.15, 0.2) is 18.2 Å². The third kappa shape index (κ3) is 5.01. The summed E-state index contributed by atoms with van der Waals surface area (Å²) in [7, 11) is 0. The van der Waals surface area contributed by atoms with E-state index in [0.29, 0.717) is 54.6 Å². The van der Waals surface area contributed by atoms with Crippen LogP contribution in [0, 0.1) is 11.8 Å². The Kier molecular flexibility index (Phi) is 7.07. The Hall–Kier alpha value is -1.79. The van der Waals surface area contributed by atoms with Gasteiger partial charge in [0.1, 0.15) is 0 Å². The Balaban J connectivity index is 1.25. The first-order valence-electron chi connectivity index (χ1n) is 11.3. The molecule has 3 amide bonds. The van der Waals surface area contributed by atoms with Crippen molar-refractivity contribution in [1.29, 1.82) is 0 Å². The van der Waals surface area contributed by atoms with Gasteiger partial charge < -0.3 is 14.7 Å². The zero-order valence-electron chi connectivity index (χ0n) is 17.7. The molecule has 1 aromatic rings. The molecule has 3 heterocycles. The average Bonchev–Trinajstić information content (AvgIpc) is 3.35. The topological polar surface area (TPSA) is 60.9 Å². The summed E-state index contributed by atoms with van der Waals surface area (Å²) in [5.74, 6) is 0.124. The number of benzene rings is 1. The van der Waals surface area contributed by atoms with Crippen molar-refractivity contribution < 1.29 is 14.4 Å². The molecule has 0 aromatic heterocycles. The lowest BCUT2D eigenvalue weighted by Gasteiger charge is -2.38. The third-order valence-electron chi connectivity index (χ3n) is 6.87. The summed E-state index contributed by atoms with van der Waals surface area (Å²) >= 11 is 12.0. The highest BCUT2D eigenvalue weighted by molar-refractivity contribution is 6.42. The van der Waals surface area contributed by atoms with Gasteiger partial charge in [-0.3, -0.25) is 9.59 Å². The standard InChI is InChI=1S/C23H29Cl2N3O3/c24-19-4-3-18(15-20(19)25)21(29)16-5-11-26(12-6-16)22(30)17-7-13-28(14-8-17)23(31)27-9-1-2-10-27/h3-4,15-17H,1-2,5-14H2. The summed E-state index contributed by atoms with van der Waals surface area (Å²) in [4.78, 5) is 44.1. The van der Waals surface area contributed by atoms with Crippen LogP contribution in [0.5, 0.6) is 0 Å². The molecule has 0 bridgehead atoms. The van der Waals surface area contributed by atoms with E-state index in [1.165, 1.54) is 0 Å². The van der Waals surface area contributed by atoms with Gasteiger partial charge in [-0.25, -0.2) is 4.79 Å². The molecule has 0 N–H and O–H groups in total. The highest BCUT2D eigenvalue weighted by Gasteiger charge is 2.34. The van der Waals surface area contributed by atoms with Crippen LogP contribution in [-0.2, 0) is 4.79 Å². The van der Waals surface area contributed by atoms with Gasteiger partial charge in [0.05, 0.1) is 10.0 Å². The van der Waals surface area contributed by atoms with Crippen LogP contribution in [0.25, 0.3) is 0 Å². The molecule has 0 saturated carbocycles. The van der Waals surface area contributed by atoms with Gasteiger partial charge in [-0.2, -0.15) is 0 Å². The minimum Gasteiger partial charge on any atom is -0.342 e. The first-order valence-corrected chi connectivity index (χ1v) is 12.0. The molecule has 0 spiro atoms. The maximum Gasteiger partial charge on any atom is 0.319 e. The fourth-order valence-corrected chi connectivity index (χ4v) is 5.23. The van der Waals surface area contributed by atoms with Crippen molar-refractivity contribution in [3.8, 4) is 0 Å².